The van der Waals surface area contributed by atoms with E-state index in [-0.39, 0.29) is 28.5 Å². The van der Waals surface area contributed by atoms with Gasteiger partial charge in [0.1, 0.15) is 22.5 Å². The summed E-state index contributed by atoms with van der Waals surface area (Å²) >= 11 is 0. The van der Waals surface area contributed by atoms with Crippen LogP contribution in [0.4, 0.5) is 0 Å². The van der Waals surface area contributed by atoms with Crippen molar-refractivity contribution in [3.8, 4) is 0 Å². The monoisotopic (exact) mass is 421 g/mol. The number of methoxy groups -OCH3 is 1. The molecule has 0 atom stereocenters. The minimum Gasteiger partial charge on any atom is -0.467 e. The summed E-state index contributed by atoms with van der Waals surface area (Å²) in [7, 11) is 1.60. The molecule has 0 bridgehead atoms. The molecular formula is C22H23N5O4. The van der Waals surface area contributed by atoms with Gasteiger partial charge in [-0.1, -0.05) is 6.07 Å². The fourth-order valence-electron chi connectivity index (χ4n) is 3.53. The van der Waals surface area contributed by atoms with E-state index in [2.05, 4.69) is 10.3 Å². The van der Waals surface area contributed by atoms with Gasteiger partial charge < -0.3 is 19.0 Å². The zero-order valence-corrected chi connectivity index (χ0v) is 17.3. The number of hydrogen-bond acceptors (Lipinski definition) is 6. The number of amides is 1. The number of nitrogens with zero attached hydrogens (tertiary/aromatic N) is 3. The van der Waals surface area contributed by atoms with Gasteiger partial charge in [0.15, 0.2) is 0 Å². The molecule has 0 aromatic carbocycles. The van der Waals surface area contributed by atoms with E-state index in [4.69, 9.17) is 14.6 Å². The first-order valence-corrected chi connectivity index (χ1v) is 9.91. The molecule has 0 saturated heterocycles. The Morgan fingerprint density at radius 3 is 2.87 bits per heavy atom. The van der Waals surface area contributed by atoms with Crippen LogP contribution in [-0.2, 0) is 17.8 Å². The first-order chi connectivity index (χ1) is 15.0. The molecule has 0 fully saturated rings. The predicted octanol–water partition coefficient (Wildman–Crippen LogP) is 2.00. The third kappa shape index (κ3) is 3.87. The molecule has 0 unspecified atom stereocenters. The van der Waals surface area contributed by atoms with E-state index in [9.17, 15) is 9.59 Å². The Kier molecular flexibility index (Phi) is 5.68. The Morgan fingerprint density at radius 2 is 2.13 bits per heavy atom. The SMILES string of the molecule is COCCCn1c(=N)c(C(=O)NCc2ccco2)cc2c(=O)n3cccc(C)c3nc21. The smallest absolute Gasteiger partial charge is 0.267 e. The van der Waals surface area contributed by atoms with Gasteiger partial charge in [-0.3, -0.25) is 19.4 Å². The first kappa shape index (κ1) is 20.5. The highest BCUT2D eigenvalue weighted by molar-refractivity contribution is 5.96. The van der Waals surface area contributed by atoms with E-state index >= 15 is 0 Å². The molecule has 2 N–H and O–H groups in total. The van der Waals surface area contributed by atoms with Crippen LogP contribution in [0.5, 0.6) is 0 Å². The normalized spacial score (nSPS) is 11.3. The third-order valence-electron chi connectivity index (χ3n) is 5.11. The molecular weight excluding hydrogens is 398 g/mol. The quantitative estimate of drug-likeness (QED) is 0.350. The topological polar surface area (TPSA) is 115 Å². The lowest BCUT2D eigenvalue weighted by Gasteiger charge is -2.15. The third-order valence-corrected chi connectivity index (χ3v) is 5.11. The molecule has 0 saturated carbocycles. The van der Waals surface area contributed by atoms with E-state index in [1.54, 1.807) is 36.1 Å². The maximum absolute atomic E-state index is 13.2. The molecule has 4 aromatic rings. The average Bonchev–Trinajstić information content (AvgIpc) is 3.28. The molecule has 0 aliphatic rings. The molecule has 0 aliphatic heterocycles. The number of nitrogens with one attached hydrogen (secondary N) is 2. The number of fused-ring (bicyclic) bond motifs is 2. The molecule has 1 amide bonds. The van der Waals surface area contributed by atoms with Crippen molar-refractivity contribution in [1.82, 2.24) is 19.3 Å². The number of aryl methyl sites for hydroxylation is 2. The Bertz CT molecular complexity index is 1370. The second kappa shape index (κ2) is 8.57. The van der Waals surface area contributed by atoms with Crippen LogP contribution in [0.1, 0.15) is 28.1 Å². The van der Waals surface area contributed by atoms with Gasteiger partial charge in [0.2, 0.25) is 0 Å². The van der Waals surface area contributed by atoms with Crippen molar-refractivity contribution in [3.05, 3.63) is 75.5 Å². The summed E-state index contributed by atoms with van der Waals surface area (Å²) in [6.07, 6.45) is 3.78. The number of rotatable bonds is 7. The van der Waals surface area contributed by atoms with Crippen LogP contribution in [0, 0.1) is 12.3 Å². The molecule has 31 heavy (non-hydrogen) atoms. The van der Waals surface area contributed by atoms with Crippen LogP contribution >= 0.6 is 0 Å². The number of aromatic nitrogens is 3. The van der Waals surface area contributed by atoms with Crippen LogP contribution in [0.2, 0.25) is 0 Å². The van der Waals surface area contributed by atoms with Gasteiger partial charge in [0.05, 0.1) is 23.8 Å². The second-order valence-corrected chi connectivity index (χ2v) is 7.21. The molecule has 4 aromatic heterocycles. The Morgan fingerprint density at radius 1 is 1.29 bits per heavy atom. The Balaban J connectivity index is 1.88. The van der Waals surface area contributed by atoms with Gasteiger partial charge in [-0.05, 0) is 43.2 Å². The van der Waals surface area contributed by atoms with Crippen molar-refractivity contribution >= 4 is 22.6 Å². The summed E-state index contributed by atoms with van der Waals surface area (Å²) in [6, 6.07) is 8.58. The summed E-state index contributed by atoms with van der Waals surface area (Å²) in [4.78, 5) is 30.8. The number of carbonyl (C=O) groups is 1. The number of carbonyl (C=O) groups excluding carboxylic acids is 1. The minimum atomic E-state index is -0.461. The molecule has 4 rings (SSSR count). The van der Waals surface area contributed by atoms with Crippen LogP contribution in [0.25, 0.3) is 16.7 Å². The Labute approximate surface area is 177 Å². The van der Waals surface area contributed by atoms with Crippen molar-refractivity contribution in [2.45, 2.75) is 26.4 Å². The molecule has 4 heterocycles. The number of hydrogen-bond donors (Lipinski definition) is 2. The lowest BCUT2D eigenvalue weighted by molar-refractivity contribution is 0.0945. The first-order valence-electron chi connectivity index (χ1n) is 9.91. The molecule has 0 aliphatic carbocycles. The van der Waals surface area contributed by atoms with Crippen LogP contribution in [0.15, 0.2) is 52.0 Å². The van der Waals surface area contributed by atoms with Gasteiger partial charge >= 0.3 is 0 Å². The highest BCUT2D eigenvalue weighted by Gasteiger charge is 2.18. The van der Waals surface area contributed by atoms with E-state index in [1.165, 1.54) is 16.7 Å². The fraction of sp³-hybridized carbons (Fsp3) is 0.273. The maximum Gasteiger partial charge on any atom is 0.267 e. The minimum absolute atomic E-state index is 0.00891. The van der Waals surface area contributed by atoms with Crippen molar-refractivity contribution in [2.24, 2.45) is 0 Å². The number of pyridine rings is 2. The van der Waals surface area contributed by atoms with Gasteiger partial charge in [-0.25, -0.2) is 4.98 Å². The zero-order valence-electron chi connectivity index (χ0n) is 17.3. The molecule has 9 heteroatoms. The largest absolute Gasteiger partial charge is 0.467 e. The van der Waals surface area contributed by atoms with Crippen molar-refractivity contribution < 1.29 is 13.9 Å². The van der Waals surface area contributed by atoms with Gasteiger partial charge in [0.25, 0.3) is 11.5 Å². The number of furan rings is 1. The lowest BCUT2D eigenvalue weighted by atomic mass is 10.2. The average molecular weight is 421 g/mol. The summed E-state index contributed by atoms with van der Waals surface area (Å²) in [5.41, 5.74) is 1.55. The molecule has 9 nitrogen and oxygen atoms in total. The van der Waals surface area contributed by atoms with Crippen molar-refractivity contribution in [2.75, 3.05) is 13.7 Å². The van der Waals surface area contributed by atoms with Gasteiger partial charge in [-0.2, -0.15) is 0 Å². The van der Waals surface area contributed by atoms with E-state index in [1.807, 2.05) is 13.0 Å². The van der Waals surface area contributed by atoms with E-state index < -0.39 is 5.91 Å². The van der Waals surface area contributed by atoms with Gasteiger partial charge in [-0.15, -0.1) is 0 Å². The fourth-order valence-corrected chi connectivity index (χ4v) is 3.53. The van der Waals surface area contributed by atoms with E-state index in [0.717, 1.165) is 5.56 Å². The standard InChI is InChI=1S/C22H23N5O4/c1-14-6-3-8-27-19(14)25-20-17(22(27)29)12-16(18(23)26(20)9-5-10-30-2)21(28)24-13-15-7-4-11-31-15/h3-4,6-8,11-12,23H,5,9-10,13H2,1-2H3,(H,24,28). The van der Waals surface area contributed by atoms with Crippen LogP contribution in [-0.4, -0.2) is 33.6 Å². The van der Waals surface area contributed by atoms with Crippen molar-refractivity contribution in [1.29, 1.82) is 5.41 Å². The molecule has 0 radical (unpaired) electrons. The van der Waals surface area contributed by atoms with Crippen molar-refractivity contribution in [3.63, 3.8) is 0 Å². The lowest BCUT2D eigenvalue weighted by Crippen LogP contribution is -2.35. The second-order valence-electron chi connectivity index (χ2n) is 7.21. The summed E-state index contributed by atoms with van der Waals surface area (Å²) in [6.45, 7) is 2.92. The summed E-state index contributed by atoms with van der Waals surface area (Å²) < 4.78 is 13.4. The highest BCUT2D eigenvalue weighted by Crippen LogP contribution is 2.13. The molecule has 160 valence electrons. The summed E-state index contributed by atoms with van der Waals surface area (Å²) in [5.74, 6) is 0.134. The Hall–Kier alpha value is -3.72. The van der Waals surface area contributed by atoms with E-state index in [0.29, 0.717) is 36.6 Å². The predicted molar refractivity (Wildman–Crippen MR) is 114 cm³/mol. The molecule has 0 spiro atoms. The zero-order chi connectivity index (χ0) is 22.0. The number of ether oxygens (including phenoxy) is 1. The van der Waals surface area contributed by atoms with Gasteiger partial charge in [0, 0.05) is 26.5 Å². The highest BCUT2D eigenvalue weighted by atomic mass is 16.5. The maximum atomic E-state index is 13.2. The van der Waals surface area contributed by atoms with Crippen LogP contribution in [0.3, 0.4) is 0 Å². The van der Waals surface area contributed by atoms with Crippen LogP contribution < -0.4 is 16.4 Å². The summed E-state index contributed by atoms with van der Waals surface area (Å²) in [5, 5.41) is 11.7.